The van der Waals surface area contributed by atoms with E-state index < -0.39 is 10.0 Å². The molecule has 0 aliphatic heterocycles. The Hall–Kier alpha value is -1.12. The number of nitrogens with zero attached hydrogens (tertiary/aromatic N) is 2. The minimum atomic E-state index is -3.54. The molecular weight excluding hydrogens is 382 g/mol. The van der Waals surface area contributed by atoms with E-state index in [1.54, 1.807) is 19.2 Å². The second kappa shape index (κ2) is 9.89. The molecule has 1 N–H and O–H groups in total. The van der Waals surface area contributed by atoms with Gasteiger partial charge in [-0.3, -0.25) is 4.79 Å². The minimum absolute atomic E-state index is 0.0378. The summed E-state index contributed by atoms with van der Waals surface area (Å²) in [7, 11) is -1.87. The van der Waals surface area contributed by atoms with Gasteiger partial charge >= 0.3 is 0 Å². The van der Waals surface area contributed by atoms with Crippen LogP contribution in [-0.4, -0.2) is 48.5 Å². The van der Waals surface area contributed by atoms with E-state index in [1.807, 2.05) is 20.8 Å². The molecule has 1 aromatic rings. The number of thioether (sulfide) groups is 1. The van der Waals surface area contributed by atoms with E-state index in [1.165, 1.54) is 28.7 Å². The molecule has 1 aliphatic carbocycles. The van der Waals surface area contributed by atoms with Gasteiger partial charge in [-0.25, -0.2) is 13.4 Å². The SMILES string of the molecule is CC(C)CNC(=O)[C@@H](C)Sc1ccc(S(=O)(=O)N(C)C2CCCCC2)cn1. The summed E-state index contributed by atoms with van der Waals surface area (Å²) in [5.74, 6) is 0.360. The second-order valence-electron chi connectivity index (χ2n) is 7.54. The highest BCUT2D eigenvalue weighted by Crippen LogP contribution is 2.27. The highest BCUT2D eigenvalue weighted by atomic mass is 32.2. The summed E-state index contributed by atoms with van der Waals surface area (Å²) < 4.78 is 27.2. The zero-order valence-corrected chi connectivity index (χ0v) is 18.3. The number of nitrogens with one attached hydrogen (secondary N) is 1. The van der Waals surface area contributed by atoms with Gasteiger partial charge in [-0.15, -0.1) is 0 Å². The monoisotopic (exact) mass is 413 g/mol. The second-order valence-corrected chi connectivity index (χ2v) is 10.9. The third kappa shape index (κ3) is 6.19. The van der Waals surface area contributed by atoms with Crippen LogP contribution in [0.4, 0.5) is 0 Å². The van der Waals surface area contributed by atoms with Crippen LogP contribution in [0.25, 0.3) is 0 Å². The molecule has 0 aromatic carbocycles. The first kappa shape index (κ1) is 22.2. The van der Waals surface area contributed by atoms with Crippen LogP contribution in [0.3, 0.4) is 0 Å². The van der Waals surface area contributed by atoms with Gasteiger partial charge in [0.1, 0.15) is 4.90 Å². The summed E-state index contributed by atoms with van der Waals surface area (Å²) in [4.78, 5) is 16.6. The number of hydrogen-bond donors (Lipinski definition) is 1. The van der Waals surface area contributed by atoms with Gasteiger partial charge in [-0.1, -0.05) is 44.9 Å². The fourth-order valence-electron chi connectivity index (χ4n) is 3.08. The van der Waals surface area contributed by atoms with Crippen LogP contribution in [0, 0.1) is 5.92 Å². The van der Waals surface area contributed by atoms with Crippen LogP contribution in [0.15, 0.2) is 28.3 Å². The molecule has 0 unspecified atom stereocenters. The summed E-state index contributed by atoms with van der Waals surface area (Å²) >= 11 is 1.33. The van der Waals surface area contributed by atoms with E-state index in [0.29, 0.717) is 17.5 Å². The average molecular weight is 414 g/mol. The van der Waals surface area contributed by atoms with Crippen LogP contribution in [0.5, 0.6) is 0 Å². The van der Waals surface area contributed by atoms with Gasteiger partial charge < -0.3 is 5.32 Å². The minimum Gasteiger partial charge on any atom is -0.355 e. The molecule has 0 spiro atoms. The highest BCUT2D eigenvalue weighted by molar-refractivity contribution is 8.00. The van der Waals surface area contributed by atoms with Crippen molar-refractivity contribution in [1.29, 1.82) is 0 Å². The maximum absolute atomic E-state index is 12.8. The van der Waals surface area contributed by atoms with Crippen molar-refractivity contribution in [3.8, 4) is 0 Å². The molecule has 1 aliphatic rings. The summed E-state index contributed by atoms with van der Waals surface area (Å²) in [6.07, 6.45) is 6.57. The van der Waals surface area contributed by atoms with Gasteiger partial charge in [-0.2, -0.15) is 4.31 Å². The first-order chi connectivity index (χ1) is 12.7. The molecule has 152 valence electrons. The quantitative estimate of drug-likeness (QED) is 0.662. The molecule has 6 nitrogen and oxygen atoms in total. The Labute approximate surface area is 167 Å². The summed E-state index contributed by atoms with van der Waals surface area (Å²) in [5, 5.41) is 3.25. The van der Waals surface area contributed by atoms with Crippen molar-refractivity contribution in [1.82, 2.24) is 14.6 Å². The molecule has 1 saturated carbocycles. The van der Waals surface area contributed by atoms with Gasteiger partial charge in [0.25, 0.3) is 0 Å². The van der Waals surface area contributed by atoms with Gasteiger partial charge in [-0.05, 0) is 37.8 Å². The van der Waals surface area contributed by atoms with Crippen molar-refractivity contribution in [2.75, 3.05) is 13.6 Å². The Bertz CT molecular complexity index is 714. The van der Waals surface area contributed by atoms with Crippen LogP contribution in [0.2, 0.25) is 0 Å². The van der Waals surface area contributed by atoms with Gasteiger partial charge in [0, 0.05) is 25.8 Å². The number of pyridine rings is 1. The van der Waals surface area contributed by atoms with E-state index in [2.05, 4.69) is 10.3 Å². The first-order valence-electron chi connectivity index (χ1n) is 9.60. The van der Waals surface area contributed by atoms with E-state index in [9.17, 15) is 13.2 Å². The molecule has 27 heavy (non-hydrogen) atoms. The third-order valence-corrected chi connectivity index (χ3v) is 7.77. The number of carbonyl (C=O) groups is 1. The molecular formula is C19H31N3O3S2. The lowest BCUT2D eigenvalue weighted by molar-refractivity contribution is -0.120. The largest absolute Gasteiger partial charge is 0.355 e. The van der Waals surface area contributed by atoms with Crippen molar-refractivity contribution in [3.63, 3.8) is 0 Å². The Kier molecular flexibility index (Phi) is 8.12. The molecule has 1 fully saturated rings. The molecule has 0 bridgehead atoms. The van der Waals surface area contributed by atoms with Gasteiger partial charge in [0.15, 0.2) is 0 Å². The topological polar surface area (TPSA) is 79.4 Å². The number of amides is 1. The third-order valence-electron chi connectivity index (χ3n) is 4.83. The highest BCUT2D eigenvalue weighted by Gasteiger charge is 2.29. The first-order valence-corrected chi connectivity index (χ1v) is 11.9. The molecule has 1 heterocycles. The average Bonchev–Trinajstić information content (AvgIpc) is 2.66. The van der Waals surface area contributed by atoms with Crippen LogP contribution < -0.4 is 5.32 Å². The van der Waals surface area contributed by atoms with Gasteiger partial charge in [0.05, 0.1) is 10.3 Å². The molecule has 0 radical (unpaired) electrons. The number of carbonyl (C=O) groups excluding carboxylic acids is 1. The Morgan fingerprint density at radius 2 is 1.93 bits per heavy atom. The van der Waals surface area contributed by atoms with Crippen molar-refractivity contribution in [3.05, 3.63) is 18.3 Å². The summed E-state index contributed by atoms with van der Waals surface area (Å²) in [6.45, 7) is 6.55. The Morgan fingerprint density at radius 1 is 1.26 bits per heavy atom. The van der Waals surface area contributed by atoms with E-state index in [-0.39, 0.29) is 22.1 Å². The van der Waals surface area contributed by atoms with E-state index in [4.69, 9.17) is 0 Å². The standard InChI is InChI=1S/C19H31N3O3S2/c1-14(2)12-21-19(23)15(3)26-18-11-10-17(13-20-18)27(24,25)22(4)16-8-6-5-7-9-16/h10-11,13-16H,5-9,12H2,1-4H3,(H,21,23)/t15-/m1/s1. The predicted octanol–water partition coefficient (Wildman–Crippen LogP) is 3.29. The van der Waals surface area contributed by atoms with Gasteiger partial charge in [0.2, 0.25) is 15.9 Å². The molecule has 8 heteroatoms. The van der Waals surface area contributed by atoms with Crippen molar-refractivity contribution in [2.24, 2.45) is 5.92 Å². The van der Waals surface area contributed by atoms with Crippen LogP contribution in [0.1, 0.15) is 52.9 Å². The zero-order chi connectivity index (χ0) is 20.0. The number of rotatable bonds is 8. The fourth-order valence-corrected chi connectivity index (χ4v) is 5.25. The Morgan fingerprint density at radius 3 is 2.48 bits per heavy atom. The lowest BCUT2D eigenvalue weighted by Gasteiger charge is -2.30. The smallest absolute Gasteiger partial charge is 0.244 e. The molecule has 2 rings (SSSR count). The Balaban J connectivity index is 2.00. The number of aromatic nitrogens is 1. The van der Waals surface area contributed by atoms with Crippen LogP contribution in [-0.2, 0) is 14.8 Å². The summed E-state index contributed by atoms with van der Waals surface area (Å²) in [6, 6.07) is 3.34. The van der Waals surface area contributed by atoms with Crippen molar-refractivity contribution < 1.29 is 13.2 Å². The maximum atomic E-state index is 12.8. The zero-order valence-electron chi connectivity index (χ0n) is 16.6. The fraction of sp³-hybridized carbons (Fsp3) is 0.684. The number of sulfonamides is 1. The van der Waals surface area contributed by atoms with E-state index in [0.717, 1.165) is 25.7 Å². The molecule has 1 atom stereocenters. The maximum Gasteiger partial charge on any atom is 0.244 e. The molecule has 1 aromatic heterocycles. The molecule has 0 saturated heterocycles. The number of hydrogen-bond acceptors (Lipinski definition) is 5. The van der Waals surface area contributed by atoms with Crippen molar-refractivity contribution in [2.45, 2.75) is 74.1 Å². The van der Waals surface area contributed by atoms with E-state index >= 15 is 0 Å². The lowest BCUT2D eigenvalue weighted by Crippen LogP contribution is -2.38. The predicted molar refractivity (Wildman–Crippen MR) is 109 cm³/mol. The van der Waals surface area contributed by atoms with Crippen LogP contribution >= 0.6 is 11.8 Å². The lowest BCUT2D eigenvalue weighted by atomic mass is 9.96. The van der Waals surface area contributed by atoms with Crippen molar-refractivity contribution >= 4 is 27.7 Å². The summed E-state index contributed by atoms with van der Waals surface area (Å²) in [5.41, 5.74) is 0. The molecule has 1 amide bonds. The normalized spacial score (nSPS) is 17.3.